The highest BCUT2D eigenvalue weighted by Gasteiger charge is 2.58. The van der Waals surface area contributed by atoms with Gasteiger partial charge in [-0.3, -0.25) is 18.7 Å². The predicted molar refractivity (Wildman–Crippen MR) is 129 cm³/mol. The second kappa shape index (κ2) is 8.90. The van der Waals surface area contributed by atoms with Crippen molar-refractivity contribution in [3.05, 3.63) is 53.6 Å². The van der Waals surface area contributed by atoms with Crippen LogP contribution in [0.3, 0.4) is 0 Å². The topological polar surface area (TPSA) is 119 Å². The third kappa shape index (κ3) is 4.29. The average Bonchev–Trinajstić information content (AvgIpc) is 3.23. The van der Waals surface area contributed by atoms with E-state index in [-0.39, 0.29) is 28.5 Å². The molecule has 1 fully saturated rings. The van der Waals surface area contributed by atoms with Crippen LogP contribution in [0.2, 0.25) is 0 Å². The molecule has 12 heteroatoms. The van der Waals surface area contributed by atoms with Gasteiger partial charge in [-0.15, -0.1) is 0 Å². The molecule has 0 spiro atoms. The standard InChI is InChI=1S/C23H28F3N5O3S/c1-22(2)21(27)31-23(3,18-8-9-29-35(18,22)33)15-10-13(4-6-16(15)24)30-20(32)17-7-5-14(11-28-17)34-12-19(25)26/h4-7,10-11,18-19,35H,8-9,12H2,1-3H3,(H2,27,31)(H,29,33)(H,30,32)/t18-,23+/m0/s1. The lowest BCUT2D eigenvalue weighted by Gasteiger charge is -2.50. The van der Waals surface area contributed by atoms with Crippen LogP contribution in [-0.4, -0.2) is 50.5 Å². The molecule has 190 valence electrons. The van der Waals surface area contributed by atoms with E-state index in [4.69, 9.17) is 10.5 Å². The Balaban J connectivity index is 1.62. The maximum Gasteiger partial charge on any atom is 0.274 e. The van der Waals surface area contributed by atoms with E-state index < -0.39 is 50.4 Å². The normalized spacial score (nSPS) is 25.5. The van der Waals surface area contributed by atoms with Crippen LogP contribution < -0.4 is 20.5 Å². The molecule has 0 unspecified atom stereocenters. The Morgan fingerprint density at radius 1 is 1.31 bits per heavy atom. The fourth-order valence-electron chi connectivity index (χ4n) is 4.70. The number of fused-ring (bicyclic) bond motifs is 1. The van der Waals surface area contributed by atoms with Crippen LogP contribution in [0.15, 0.2) is 41.5 Å². The van der Waals surface area contributed by atoms with Gasteiger partial charge in [0.2, 0.25) is 0 Å². The zero-order chi connectivity index (χ0) is 25.6. The number of aromatic nitrogens is 1. The molecule has 3 heterocycles. The van der Waals surface area contributed by atoms with Crippen molar-refractivity contribution in [1.82, 2.24) is 9.71 Å². The first-order valence-corrected chi connectivity index (χ1v) is 12.9. The quantitative estimate of drug-likeness (QED) is 0.445. The third-order valence-electron chi connectivity index (χ3n) is 6.78. The summed E-state index contributed by atoms with van der Waals surface area (Å²) in [5.41, 5.74) is 5.51. The van der Waals surface area contributed by atoms with Crippen molar-refractivity contribution in [1.29, 1.82) is 0 Å². The predicted octanol–water partition coefficient (Wildman–Crippen LogP) is 2.78. The molecule has 2 atom stereocenters. The number of benzene rings is 1. The summed E-state index contributed by atoms with van der Waals surface area (Å²) in [6.45, 7) is 4.99. The lowest BCUT2D eigenvalue weighted by molar-refractivity contribution is 0.0816. The van der Waals surface area contributed by atoms with Gasteiger partial charge in [0.1, 0.15) is 35.2 Å². The number of amidine groups is 1. The molecule has 0 bridgehead atoms. The van der Waals surface area contributed by atoms with Crippen LogP contribution in [0.5, 0.6) is 5.75 Å². The number of amides is 1. The second-order valence-electron chi connectivity index (χ2n) is 9.30. The van der Waals surface area contributed by atoms with Crippen molar-refractivity contribution in [2.75, 3.05) is 18.5 Å². The molecule has 1 saturated heterocycles. The van der Waals surface area contributed by atoms with Gasteiger partial charge in [-0.2, -0.15) is 0 Å². The number of hydrogen-bond donors (Lipinski definition) is 4. The molecule has 4 rings (SSSR count). The molecule has 1 aromatic carbocycles. The number of rotatable bonds is 6. The van der Waals surface area contributed by atoms with Crippen molar-refractivity contribution in [3.63, 3.8) is 0 Å². The van der Waals surface area contributed by atoms with E-state index >= 15 is 4.39 Å². The Kier molecular flexibility index (Phi) is 6.39. The van der Waals surface area contributed by atoms with Crippen LogP contribution in [-0.2, 0) is 15.7 Å². The molecule has 35 heavy (non-hydrogen) atoms. The maximum atomic E-state index is 15.1. The van der Waals surface area contributed by atoms with Crippen molar-refractivity contribution < 1.29 is 26.9 Å². The summed E-state index contributed by atoms with van der Waals surface area (Å²) in [5, 5.41) is 2.18. The number of alkyl halides is 2. The number of pyridine rings is 1. The van der Waals surface area contributed by atoms with Crippen LogP contribution in [0.1, 0.15) is 43.2 Å². The number of hydrogen-bond acceptors (Lipinski definition) is 6. The number of anilines is 1. The van der Waals surface area contributed by atoms with Gasteiger partial charge in [0.15, 0.2) is 0 Å². The van der Waals surface area contributed by atoms with Gasteiger partial charge >= 0.3 is 0 Å². The number of ether oxygens (including phenoxy) is 1. The fraction of sp³-hybridized carbons (Fsp3) is 0.435. The summed E-state index contributed by atoms with van der Waals surface area (Å²) in [4.78, 5) is 21.3. The zero-order valence-corrected chi connectivity index (χ0v) is 20.4. The van der Waals surface area contributed by atoms with E-state index in [9.17, 15) is 17.8 Å². The summed E-state index contributed by atoms with van der Waals surface area (Å²) >= 11 is 0. The van der Waals surface area contributed by atoms with Gasteiger partial charge in [0.25, 0.3) is 12.3 Å². The Bertz CT molecular complexity index is 1220. The van der Waals surface area contributed by atoms with Gasteiger partial charge in [-0.25, -0.2) is 18.2 Å². The van der Waals surface area contributed by atoms with E-state index in [0.29, 0.717) is 13.0 Å². The first-order chi connectivity index (χ1) is 16.4. The highest BCUT2D eigenvalue weighted by Crippen LogP contribution is 2.49. The van der Waals surface area contributed by atoms with Crippen molar-refractivity contribution >= 4 is 27.5 Å². The molecular formula is C23H28F3N5O3S. The first kappa shape index (κ1) is 25.1. The van der Waals surface area contributed by atoms with E-state index in [1.165, 1.54) is 36.5 Å². The summed E-state index contributed by atoms with van der Waals surface area (Å²) in [6.07, 6.45) is -0.926. The number of halogens is 3. The van der Waals surface area contributed by atoms with Gasteiger partial charge in [0, 0.05) is 17.8 Å². The first-order valence-electron chi connectivity index (χ1n) is 11.1. The Morgan fingerprint density at radius 3 is 2.71 bits per heavy atom. The number of thiol groups is 1. The zero-order valence-electron chi connectivity index (χ0n) is 19.5. The molecule has 0 aliphatic carbocycles. The molecular weight excluding hydrogens is 483 g/mol. The van der Waals surface area contributed by atoms with Crippen LogP contribution in [0, 0.1) is 5.82 Å². The Labute approximate surface area is 202 Å². The van der Waals surface area contributed by atoms with E-state index in [2.05, 4.69) is 20.0 Å². The third-order valence-corrected chi connectivity index (χ3v) is 11.0. The number of carbonyl (C=O) groups is 1. The smallest absolute Gasteiger partial charge is 0.274 e. The van der Waals surface area contributed by atoms with E-state index in [1.54, 1.807) is 20.8 Å². The lowest BCUT2D eigenvalue weighted by Crippen LogP contribution is -2.64. The minimum Gasteiger partial charge on any atom is -0.486 e. The second-order valence-corrected chi connectivity index (χ2v) is 12.7. The average molecular weight is 512 g/mol. The van der Waals surface area contributed by atoms with Gasteiger partial charge in [-0.1, -0.05) is 0 Å². The molecule has 0 radical (unpaired) electrons. The minimum absolute atomic E-state index is 0.0117. The summed E-state index contributed by atoms with van der Waals surface area (Å²) < 4.78 is 60.8. The van der Waals surface area contributed by atoms with Crippen molar-refractivity contribution in [2.24, 2.45) is 10.7 Å². The number of nitrogens with zero attached hydrogens (tertiary/aromatic N) is 2. The Morgan fingerprint density at radius 2 is 2.06 bits per heavy atom. The molecule has 8 nitrogen and oxygen atoms in total. The summed E-state index contributed by atoms with van der Waals surface area (Å²) in [6, 6.07) is 6.76. The monoisotopic (exact) mass is 511 g/mol. The van der Waals surface area contributed by atoms with Crippen LogP contribution in [0.4, 0.5) is 18.9 Å². The van der Waals surface area contributed by atoms with Gasteiger partial charge in [-0.05, 0) is 67.6 Å². The molecule has 2 aliphatic rings. The molecule has 1 amide bonds. The Hall–Kier alpha value is -2.99. The maximum absolute atomic E-state index is 15.1. The van der Waals surface area contributed by atoms with E-state index in [0.717, 1.165) is 0 Å². The van der Waals surface area contributed by atoms with Gasteiger partial charge in [0.05, 0.1) is 16.2 Å². The lowest BCUT2D eigenvalue weighted by atomic mass is 9.86. The molecule has 4 N–H and O–H groups in total. The highest BCUT2D eigenvalue weighted by molar-refractivity contribution is 8.04. The van der Waals surface area contributed by atoms with Crippen molar-refractivity contribution in [3.8, 4) is 5.75 Å². The SMILES string of the molecule is CC1(C)C(N)=N[C@](C)(c2cc(NC(=O)c3ccc(OCC(F)F)cn3)ccc2F)[C@@H]2CCN[SH]21=O. The van der Waals surface area contributed by atoms with Crippen LogP contribution >= 0.6 is 0 Å². The minimum atomic E-state index is -3.08. The largest absolute Gasteiger partial charge is 0.486 e. The van der Waals surface area contributed by atoms with Crippen LogP contribution in [0.25, 0.3) is 0 Å². The summed E-state index contributed by atoms with van der Waals surface area (Å²) in [5.74, 6) is -0.863. The summed E-state index contributed by atoms with van der Waals surface area (Å²) in [7, 11) is -3.08. The fourth-order valence-corrected chi connectivity index (χ4v) is 8.34. The molecule has 2 aromatic rings. The van der Waals surface area contributed by atoms with Gasteiger partial charge < -0.3 is 15.8 Å². The highest BCUT2D eigenvalue weighted by atomic mass is 32.3. The molecule has 2 aliphatic heterocycles. The van der Waals surface area contributed by atoms with E-state index in [1.807, 2.05) is 0 Å². The number of carbonyl (C=O) groups excluding carboxylic acids is 1. The number of aliphatic imine (C=N–C) groups is 1. The molecule has 1 aromatic heterocycles. The van der Waals surface area contributed by atoms with Crippen molar-refractivity contribution in [2.45, 2.75) is 49.2 Å². The number of nitrogens with two attached hydrogens (primary N) is 1. The number of nitrogens with one attached hydrogen (secondary N) is 2. The molecule has 0 saturated carbocycles.